The molecule has 142 valence electrons. The molecule has 3 aromatic rings. The van der Waals surface area contributed by atoms with Crippen molar-refractivity contribution >= 4 is 17.4 Å². The summed E-state index contributed by atoms with van der Waals surface area (Å²) < 4.78 is 0. The monoisotopic (exact) mass is 372 g/mol. The minimum Gasteiger partial charge on any atom is -0.338 e. The van der Waals surface area contributed by atoms with Crippen LogP contribution in [0.3, 0.4) is 0 Å². The normalized spacial score (nSPS) is 13.6. The van der Waals surface area contributed by atoms with Gasteiger partial charge in [0.2, 0.25) is 0 Å². The highest BCUT2D eigenvalue weighted by molar-refractivity contribution is 5.99. The summed E-state index contributed by atoms with van der Waals surface area (Å²) in [6.07, 6.45) is 3.78. The molecule has 1 aliphatic heterocycles. The Morgan fingerprint density at radius 2 is 1.68 bits per heavy atom. The Balaban J connectivity index is 1.79. The van der Waals surface area contributed by atoms with Crippen LogP contribution in [0.4, 0.5) is 11.5 Å². The molecule has 0 spiro atoms. The van der Waals surface area contributed by atoms with Gasteiger partial charge in [-0.05, 0) is 31.9 Å². The lowest BCUT2D eigenvalue weighted by Gasteiger charge is -2.24. The summed E-state index contributed by atoms with van der Waals surface area (Å²) in [5, 5.41) is 0. The Morgan fingerprint density at radius 1 is 1.00 bits per heavy atom. The van der Waals surface area contributed by atoms with Gasteiger partial charge in [0.05, 0.1) is 0 Å². The molecule has 0 saturated carbocycles. The van der Waals surface area contributed by atoms with Crippen molar-refractivity contribution in [1.82, 2.24) is 14.9 Å². The average Bonchev–Trinajstić information content (AvgIpc) is 3.28. The van der Waals surface area contributed by atoms with Crippen LogP contribution in [-0.4, -0.2) is 40.9 Å². The van der Waals surface area contributed by atoms with Crippen molar-refractivity contribution in [3.63, 3.8) is 0 Å². The second kappa shape index (κ2) is 7.80. The number of aromatic nitrogens is 2. The summed E-state index contributed by atoms with van der Waals surface area (Å²) in [7, 11) is 1.95. The molecule has 2 heterocycles. The van der Waals surface area contributed by atoms with Crippen LogP contribution in [0.25, 0.3) is 11.4 Å². The van der Waals surface area contributed by atoms with Crippen LogP contribution in [0.1, 0.15) is 28.8 Å². The number of hydrogen-bond donors (Lipinski definition) is 0. The van der Waals surface area contributed by atoms with Crippen molar-refractivity contribution in [3.8, 4) is 11.4 Å². The van der Waals surface area contributed by atoms with Crippen LogP contribution in [-0.2, 0) is 0 Å². The quantitative estimate of drug-likeness (QED) is 0.679. The molecular formula is C23H24N4O. The van der Waals surface area contributed by atoms with Gasteiger partial charge in [0.15, 0.2) is 5.82 Å². The van der Waals surface area contributed by atoms with Gasteiger partial charge < -0.3 is 9.80 Å². The van der Waals surface area contributed by atoms with Crippen molar-refractivity contribution in [1.29, 1.82) is 0 Å². The summed E-state index contributed by atoms with van der Waals surface area (Å²) in [5.41, 5.74) is 3.66. The van der Waals surface area contributed by atoms with E-state index in [0.717, 1.165) is 37.2 Å². The third-order valence-corrected chi connectivity index (χ3v) is 5.16. The van der Waals surface area contributed by atoms with E-state index in [1.54, 1.807) is 6.20 Å². The molecule has 0 bridgehead atoms. The number of hydrogen-bond acceptors (Lipinski definition) is 4. The zero-order valence-electron chi connectivity index (χ0n) is 16.3. The Morgan fingerprint density at radius 3 is 2.36 bits per heavy atom. The predicted molar refractivity (Wildman–Crippen MR) is 112 cm³/mol. The standard InChI is InChI=1S/C23H24N4O/c1-17-10-12-19(13-11-17)26(2)22-20(23(28)27-14-6-7-15-27)16-24-21(25-22)18-8-4-3-5-9-18/h3-5,8-13,16H,6-7,14-15H2,1-2H3. The topological polar surface area (TPSA) is 49.3 Å². The van der Waals surface area contributed by atoms with Crippen LogP contribution < -0.4 is 4.90 Å². The van der Waals surface area contributed by atoms with Crippen LogP contribution in [0.2, 0.25) is 0 Å². The number of likely N-dealkylation sites (tertiary alicyclic amines) is 1. The Kier molecular flexibility index (Phi) is 5.06. The van der Waals surface area contributed by atoms with Crippen LogP contribution in [0.15, 0.2) is 60.8 Å². The van der Waals surface area contributed by atoms with Crippen LogP contribution in [0.5, 0.6) is 0 Å². The number of amides is 1. The van der Waals surface area contributed by atoms with Crippen molar-refractivity contribution in [2.75, 3.05) is 25.0 Å². The fraction of sp³-hybridized carbons (Fsp3) is 0.261. The maximum absolute atomic E-state index is 13.1. The van der Waals surface area contributed by atoms with Gasteiger partial charge in [0.1, 0.15) is 11.4 Å². The Labute approximate surface area is 165 Å². The predicted octanol–water partition coefficient (Wildman–Crippen LogP) is 4.46. The molecule has 0 N–H and O–H groups in total. The average molecular weight is 372 g/mol. The number of carbonyl (C=O) groups excluding carboxylic acids is 1. The molecule has 5 nitrogen and oxygen atoms in total. The second-order valence-corrected chi connectivity index (χ2v) is 7.19. The Hall–Kier alpha value is -3.21. The summed E-state index contributed by atoms with van der Waals surface area (Å²) in [6.45, 7) is 3.66. The molecule has 0 aliphatic carbocycles. The van der Waals surface area contributed by atoms with Gasteiger partial charge in [-0.3, -0.25) is 4.79 Å². The zero-order chi connectivity index (χ0) is 19.5. The smallest absolute Gasteiger partial charge is 0.259 e. The van der Waals surface area contributed by atoms with Crippen LogP contribution in [0, 0.1) is 6.92 Å². The van der Waals surface area contributed by atoms with E-state index in [9.17, 15) is 4.79 Å². The molecule has 28 heavy (non-hydrogen) atoms. The number of rotatable bonds is 4. The van der Waals surface area contributed by atoms with E-state index in [2.05, 4.69) is 24.0 Å². The van der Waals surface area contributed by atoms with Gasteiger partial charge in [-0.2, -0.15) is 0 Å². The largest absolute Gasteiger partial charge is 0.338 e. The molecule has 1 aromatic heterocycles. The molecule has 2 aromatic carbocycles. The third-order valence-electron chi connectivity index (χ3n) is 5.16. The summed E-state index contributed by atoms with van der Waals surface area (Å²) >= 11 is 0. The van der Waals surface area contributed by atoms with Gasteiger partial charge in [0.25, 0.3) is 5.91 Å². The lowest BCUT2D eigenvalue weighted by atomic mass is 10.1. The first kappa shape index (κ1) is 18.2. The third kappa shape index (κ3) is 3.60. The van der Waals surface area contributed by atoms with Crippen molar-refractivity contribution < 1.29 is 4.79 Å². The maximum atomic E-state index is 13.1. The van der Waals surface area contributed by atoms with E-state index in [1.165, 1.54) is 5.56 Å². The summed E-state index contributed by atoms with van der Waals surface area (Å²) in [5.74, 6) is 1.26. The Bertz CT molecular complexity index is 964. The molecule has 4 rings (SSSR count). The van der Waals surface area contributed by atoms with Gasteiger partial charge in [-0.25, -0.2) is 9.97 Å². The molecule has 1 saturated heterocycles. The first-order chi connectivity index (χ1) is 13.6. The minimum absolute atomic E-state index is 0.00562. The molecule has 0 radical (unpaired) electrons. The molecule has 5 heteroatoms. The van der Waals surface area contributed by atoms with E-state index in [-0.39, 0.29) is 5.91 Å². The first-order valence-corrected chi connectivity index (χ1v) is 9.65. The maximum Gasteiger partial charge on any atom is 0.259 e. The summed E-state index contributed by atoms with van der Waals surface area (Å²) in [6, 6.07) is 18.1. The highest BCUT2D eigenvalue weighted by atomic mass is 16.2. The van der Waals surface area contributed by atoms with E-state index < -0.39 is 0 Å². The van der Waals surface area contributed by atoms with Crippen molar-refractivity contribution in [3.05, 3.63) is 71.9 Å². The molecule has 1 amide bonds. The number of aryl methyl sites for hydroxylation is 1. The number of nitrogens with zero attached hydrogens (tertiary/aromatic N) is 4. The fourth-order valence-corrected chi connectivity index (χ4v) is 3.49. The van der Waals surface area contributed by atoms with Gasteiger partial charge in [-0.1, -0.05) is 48.0 Å². The minimum atomic E-state index is 0.00562. The van der Waals surface area contributed by atoms with Gasteiger partial charge in [-0.15, -0.1) is 0 Å². The fourth-order valence-electron chi connectivity index (χ4n) is 3.49. The van der Waals surface area contributed by atoms with E-state index >= 15 is 0 Å². The SMILES string of the molecule is Cc1ccc(N(C)c2nc(-c3ccccc3)ncc2C(=O)N2CCCC2)cc1. The van der Waals surface area contributed by atoms with Crippen molar-refractivity contribution in [2.45, 2.75) is 19.8 Å². The van der Waals surface area contributed by atoms with Gasteiger partial charge >= 0.3 is 0 Å². The highest BCUT2D eigenvalue weighted by Crippen LogP contribution is 2.29. The molecule has 0 atom stereocenters. The van der Waals surface area contributed by atoms with E-state index in [0.29, 0.717) is 17.2 Å². The highest BCUT2D eigenvalue weighted by Gasteiger charge is 2.25. The summed E-state index contributed by atoms with van der Waals surface area (Å²) in [4.78, 5) is 26.3. The van der Waals surface area contributed by atoms with E-state index in [1.807, 2.05) is 59.3 Å². The molecular weight excluding hydrogens is 348 g/mol. The number of benzene rings is 2. The van der Waals surface area contributed by atoms with Crippen molar-refractivity contribution in [2.24, 2.45) is 0 Å². The molecule has 1 aliphatic rings. The zero-order valence-corrected chi connectivity index (χ0v) is 16.3. The van der Waals surface area contributed by atoms with Crippen LogP contribution >= 0.6 is 0 Å². The first-order valence-electron chi connectivity index (χ1n) is 9.65. The second-order valence-electron chi connectivity index (χ2n) is 7.19. The lowest BCUT2D eigenvalue weighted by molar-refractivity contribution is 0.0793. The molecule has 0 unspecified atom stereocenters. The molecule has 1 fully saturated rings. The van der Waals surface area contributed by atoms with E-state index in [4.69, 9.17) is 4.98 Å². The van der Waals surface area contributed by atoms with Gasteiger partial charge in [0, 0.05) is 37.6 Å². The number of carbonyl (C=O) groups is 1. The lowest BCUT2D eigenvalue weighted by Crippen LogP contribution is -2.30. The number of anilines is 2.